The van der Waals surface area contributed by atoms with E-state index in [1.54, 1.807) is 18.2 Å². The summed E-state index contributed by atoms with van der Waals surface area (Å²) in [6.07, 6.45) is 2.65. The Morgan fingerprint density at radius 2 is 2.09 bits per heavy atom. The van der Waals surface area contributed by atoms with Gasteiger partial charge in [-0.2, -0.15) is 0 Å². The first-order chi connectivity index (χ1) is 11.1. The number of hydrogen-bond acceptors (Lipinski definition) is 5. The molecule has 1 aliphatic carbocycles. The number of rotatable bonds is 4. The summed E-state index contributed by atoms with van der Waals surface area (Å²) in [5.74, 6) is 0.0139. The van der Waals surface area contributed by atoms with Gasteiger partial charge in [0.15, 0.2) is 11.0 Å². The van der Waals surface area contributed by atoms with Crippen molar-refractivity contribution < 1.29 is 13.9 Å². The van der Waals surface area contributed by atoms with E-state index in [1.807, 2.05) is 11.5 Å². The largest absolute Gasteiger partial charge is 0.462 e. The van der Waals surface area contributed by atoms with Crippen molar-refractivity contribution in [2.75, 3.05) is 0 Å². The molecule has 4 rings (SSSR count). The second-order valence-electron chi connectivity index (χ2n) is 5.98. The van der Waals surface area contributed by atoms with Crippen molar-refractivity contribution in [1.29, 1.82) is 0 Å². The number of carbonyl (C=O) groups is 1. The van der Waals surface area contributed by atoms with Crippen LogP contribution in [0.2, 0.25) is 0 Å². The van der Waals surface area contributed by atoms with Crippen LogP contribution < -0.4 is 0 Å². The zero-order valence-electron chi connectivity index (χ0n) is 12.6. The first-order valence-electron chi connectivity index (χ1n) is 7.70. The highest BCUT2D eigenvalue weighted by atomic mass is 32.2. The van der Waals surface area contributed by atoms with Crippen LogP contribution in [0.15, 0.2) is 29.4 Å². The molecule has 0 N–H and O–H groups in total. The normalized spacial score (nSPS) is 24.0. The summed E-state index contributed by atoms with van der Waals surface area (Å²) < 4.78 is 21.3. The number of halogens is 1. The lowest BCUT2D eigenvalue weighted by molar-refractivity contribution is -0.140. The molecule has 1 aromatic carbocycles. The second-order valence-corrected chi connectivity index (χ2v) is 7.15. The highest BCUT2D eigenvalue weighted by Gasteiger charge is 2.37. The van der Waals surface area contributed by atoms with Crippen molar-refractivity contribution in [2.45, 2.75) is 48.7 Å². The summed E-state index contributed by atoms with van der Waals surface area (Å²) in [5, 5.41) is 8.82. The number of thioether (sulfide) groups is 1. The summed E-state index contributed by atoms with van der Waals surface area (Å²) >= 11 is 1.37. The minimum Gasteiger partial charge on any atom is -0.462 e. The summed E-state index contributed by atoms with van der Waals surface area (Å²) in [7, 11) is 0. The average molecular weight is 333 g/mol. The molecular formula is C16H16FN3O2S. The predicted molar refractivity (Wildman–Crippen MR) is 83.5 cm³/mol. The smallest absolute Gasteiger partial charge is 0.319 e. The van der Waals surface area contributed by atoms with Gasteiger partial charge >= 0.3 is 5.97 Å². The van der Waals surface area contributed by atoms with E-state index in [1.165, 1.54) is 17.8 Å². The van der Waals surface area contributed by atoms with Gasteiger partial charge in [-0.3, -0.25) is 9.36 Å². The van der Waals surface area contributed by atoms with E-state index < -0.39 is 0 Å². The first kappa shape index (κ1) is 14.7. The van der Waals surface area contributed by atoms with E-state index >= 15 is 0 Å². The molecule has 1 aliphatic heterocycles. The molecule has 2 fully saturated rings. The van der Waals surface area contributed by atoms with Crippen LogP contribution in [0, 0.1) is 5.82 Å². The van der Waals surface area contributed by atoms with Gasteiger partial charge in [0.2, 0.25) is 0 Å². The fraction of sp³-hybridized carbons (Fsp3) is 0.438. The molecule has 0 amide bonds. The fourth-order valence-electron chi connectivity index (χ4n) is 2.79. The lowest BCUT2D eigenvalue weighted by Crippen LogP contribution is -2.11. The van der Waals surface area contributed by atoms with Gasteiger partial charge in [0, 0.05) is 12.5 Å². The predicted octanol–water partition coefficient (Wildman–Crippen LogP) is 3.22. The number of nitrogens with zero attached hydrogens (tertiary/aromatic N) is 3. The quantitative estimate of drug-likeness (QED) is 0.804. The first-order valence-corrected chi connectivity index (χ1v) is 8.58. The Morgan fingerprint density at radius 3 is 2.74 bits per heavy atom. The Balaban J connectivity index is 1.69. The van der Waals surface area contributed by atoms with Crippen molar-refractivity contribution in [3.63, 3.8) is 0 Å². The molecule has 2 heterocycles. The number of carbonyl (C=O) groups excluding carboxylic acids is 1. The van der Waals surface area contributed by atoms with Gasteiger partial charge in [-0.1, -0.05) is 23.9 Å². The molecule has 2 aromatic rings. The van der Waals surface area contributed by atoms with Crippen LogP contribution in [0.25, 0.3) is 11.4 Å². The molecule has 1 saturated carbocycles. The van der Waals surface area contributed by atoms with Crippen molar-refractivity contribution >= 4 is 17.7 Å². The lowest BCUT2D eigenvalue weighted by Gasteiger charge is -2.10. The summed E-state index contributed by atoms with van der Waals surface area (Å²) in [6.45, 7) is 1.88. The maximum Gasteiger partial charge on any atom is 0.319 e. The van der Waals surface area contributed by atoms with Crippen molar-refractivity contribution in [3.05, 3.63) is 30.1 Å². The highest BCUT2D eigenvalue weighted by Crippen LogP contribution is 2.43. The third-order valence-corrected chi connectivity index (χ3v) is 5.22. The molecule has 1 aromatic heterocycles. The summed E-state index contributed by atoms with van der Waals surface area (Å²) in [5.41, 5.74) is 0.445. The monoisotopic (exact) mass is 333 g/mol. The van der Waals surface area contributed by atoms with Crippen LogP contribution in [0.4, 0.5) is 4.39 Å². The van der Waals surface area contributed by atoms with Crippen molar-refractivity contribution in [1.82, 2.24) is 14.8 Å². The maximum atomic E-state index is 14.1. The molecule has 5 nitrogen and oxygen atoms in total. The van der Waals surface area contributed by atoms with Gasteiger partial charge in [-0.15, -0.1) is 10.2 Å². The van der Waals surface area contributed by atoms with E-state index in [0.717, 1.165) is 12.8 Å². The average Bonchev–Trinajstić information content (AvgIpc) is 3.20. The molecule has 2 aliphatic rings. The highest BCUT2D eigenvalue weighted by molar-refractivity contribution is 8.00. The SMILES string of the molecule is C[C@@H]1C[C@H](Sc2nnc(-c3ccccc3F)n2C2CC2)C(=O)O1. The molecule has 1 saturated heterocycles. The molecule has 0 radical (unpaired) electrons. The number of esters is 1. The fourth-order valence-corrected chi connectivity index (χ4v) is 4.00. The molecule has 2 atom stereocenters. The van der Waals surface area contributed by atoms with E-state index in [9.17, 15) is 9.18 Å². The standard InChI is InChI=1S/C16H16FN3O2S/c1-9-8-13(15(21)22-9)23-16-19-18-14(20(16)10-6-7-10)11-4-2-3-5-12(11)17/h2-5,9-10,13H,6-8H2,1H3/t9-,13+/m1/s1. The molecular weight excluding hydrogens is 317 g/mol. The number of hydrogen-bond donors (Lipinski definition) is 0. The van der Waals surface area contributed by atoms with Gasteiger partial charge in [-0.05, 0) is 31.9 Å². The Bertz CT molecular complexity index is 760. The van der Waals surface area contributed by atoms with Gasteiger partial charge < -0.3 is 4.74 Å². The third-order valence-electron chi connectivity index (χ3n) is 4.07. The molecule has 0 spiro atoms. The molecule has 7 heteroatoms. The third kappa shape index (κ3) is 2.73. The summed E-state index contributed by atoms with van der Waals surface area (Å²) in [6, 6.07) is 6.86. The van der Waals surface area contributed by atoms with E-state index in [-0.39, 0.29) is 29.2 Å². The summed E-state index contributed by atoms with van der Waals surface area (Å²) in [4.78, 5) is 11.9. The maximum absolute atomic E-state index is 14.1. The lowest BCUT2D eigenvalue weighted by atomic mass is 10.2. The minimum atomic E-state index is -0.313. The van der Waals surface area contributed by atoms with Crippen LogP contribution in [-0.4, -0.2) is 32.1 Å². The zero-order valence-corrected chi connectivity index (χ0v) is 13.4. The number of aromatic nitrogens is 3. The molecule has 0 unspecified atom stereocenters. The topological polar surface area (TPSA) is 57.0 Å². The Kier molecular flexibility index (Phi) is 3.60. The molecule has 120 valence electrons. The van der Waals surface area contributed by atoms with E-state index in [4.69, 9.17) is 4.74 Å². The van der Waals surface area contributed by atoms with Crippen LogP contribution in [0.1, 0.15) is 32.2 Å². The van der Waals surface area contributed by atoms with Gasteiger partial charge in [0.05, 0.1) is 5.56 Å². The van der Waals surface area contributed by atoms with Gasteiger partial charge in [-0.25, -0.2) is 4.39 Å². The van der Waals surface area contributed by atoms with Crippen LogP contribution >= 0.6 is 11.8 Å². The Morgan fingerprint density at radius 1 is 1.30 bits per heavy atom. The Hall–Kier alpha value is -1.89. The number of ether oxygens (including phenoxy) is 1. The van der Waals surface area contributed by atoms with Crippen LogP contribution in [0.3, 0.4) is 0 Å². The molecule has 0 bridgehead atoms. The van der Waals surface area contributed by atoms with Crippen molar-refractivity contribution in [2.24, 2.45) is 0 Å². The minimum absolute atomic E-state index is 0.0664. The van der Waals surface area contributed by atoms with E-state index in [0.29, 0.717) is 23.0 Å². The van der Waals surface area contributed by atoms with Crippen LogP contribution in [-0.2, 0) is 9.53 Å². The van der Waals surface area contributed by atoms with Crippen molar-refractivity contribution in [3.8, 4) is 11.4 Å². The second kappa shape index (κ2) is 5.63. The Labute approximate surface area is 137 Å². The molecule has 23 heavy (non-hydrogen) atoms. The van der Waals surface area contributed by atoms with Gasteiger partial charge in [0.1, 0.15) is 17.2 Å². The number of benzene rings is 1. The number of cyclic esters (lactones) is 1. The van der Waals surface area contributed by atoms with Crippen LogP contribution in [0.5, 0.6) is 0 Å². The zero-order chi connectivity index (χ0) is 16.0. The van der Waals surface area contributed by atoms with Gasteiger partial charge in [0.25, 0.3) is 0 Å². The van der Waals surface area contributed by atoms with E-state index in [2.05, 4.69) is 10.2 Å².